The van der Waals surface area contributed by atoms with Crippen LogP contribution in [0.25, 0.3) is 0 Å². The minimum atomic E-state index is -0.319. The quantitative estimate of drug-likeness (QED) is 0.336. The summed E-state index contributed by atoms with van der Waals surface area (Å²) < 4.78 is 11.1. The van der Waals surface area contributed by atoms with Crippen LogP contribution < -0.4 is 0 Å². The standard InChI is InChI=1S/C14H31NO2S/c1-5-7-8-9-15(4)10-11-16-12-13-17-14(3,18)6-2/h18H,5-13H2,1-4H3. The maximum absolute atomic E-state index is 5.59. The van der Waals surface area contributed by atoms with Gasteiger partial charge in [0.05, 0.1) is 19.8 Å². The van der Waals surface area contributed by atoms with Crippen molar-refractivity contribution in [1.82, 2.24) is 4.90 Å². The van der Waals surface area contributed by atoms with E-state index >= 15 is 0 Å². The van der Waals surface area contributed by atoms with Crippen LogP contribution in [0.2, 0.25) is 0 Å². The molecule has 0 saturated carbocycles. The van der Waals surface area contributed by atoms with E-state index < -0.39 is 0 Å². The third-order valence-corrected chi connectivity index (χ3v) is 3.50. The van der Waals surface area contributed by atoms with Gasteiger partial charge in [0.15, 0.2) is 0 Å². The van der Waals surface area contributed by atoms with E-state index in [0.29, 0.717) is 13.2 Å². The first-order valence-corrected chi connectivity index (χ1v) is 7.59. The topological polar surface area (TPSA) is 21.7 Å². The molecule has 0 amide bonds. The maximum atomic E-state index is 5.59. The van der Waals surface area contributed by atoms with Crippen molar-refractivity contribution in [2.45, 2.75) is 51.4 Å². The Labute approximate surface area is 119 Å². The average molecular weight is 277 g/mol. The largest absolute Gasteiger partial charge is 0.378 e. The summed E-state index contributed by atoms with van der Waals surface area (Å²) >= 11 is 4.41. The van der Waals surface area contributed by atoms with Crippen LogP contribution in [0.3, 0.4) is 0 Å². The zero-order chi connectivity index (χ0) is 13.9. The summed E-state index contributed by atoms with van der Waals surface area (Å²) in [7, 11) is 2.15. The Bertz CT molecular complexity index is 189. The second-order valence-electron chi connectivity index (χ2n) is 5.00. The van der Waals surface area contributed by atoms with E-state index in [1.165, 1.54) is 19.3 Å². The van der Waals surface area contributed by atoms with Gasteiger partial charge in [-0.15, -0.1) is 12.6 Å². The normalized spacial score (nSPS) is 15.0. The first-order valence-electron chi connectivity index (χ1n) is 7.14. The maximum Gasteiger partial charge on any atom is 0.107 e. The Hall–Kier alpha value is 0.230. The summed E-state index contributed by atoms with van der Waals surface area (Å²) in [6.07, 6.45) is 4.78. The van der Waals surface area contributed by atoms with Crippen molar-refractivity contribution in [3.05, 3.63) is 0 Å². The van der Waals surface area contributed by atoms with Gasteiger partial charge >= 0.3 is 0 Å². The minimum Gasteiger partial charge on any atom is -0.378 e. The molecule has 0 aliphatic rings. The highest BCUT2D eigenvalue weighted by molar-refractivity contribution is 7.81. The van der Waals surface area contributed by atoms with E-state index in [2.05, 4.69) is 38.4 Å². The molecule has 0 rings (SSSR count). The number of ether oxygens (including phenoxy) is 2. The summed E-state index contributed by atoms with van der Waals surface area (Å²) in [5.74, 6) is 0. The highest BCUT2D eigenvalue weighted by Crippen LogP contribution is 2.18. The van der Waals surface area contributed by atoms with Gasteiger partial charge < -0.3 is 14.4 Å². The Balaban J connectivity index is 3.29. The molecule has 0 heterocycles. The number of hydrogen-bond acceptors (Lipinski definition) is 4. The SMILES string of the molecule is CCCCCN(C)CCOCCOC(C)(S)CC. The van der Waals surface area contributed by atoms with Gasteiger partial charge in [-0.05, 0) is 33.4 Å². The van der Waals surface area contributed by atoms with Crippen molar-refractivity contribution >= 4 is 12.6 Å². The second kappa shape index (κ2) is 11.1. The van der Waals surface area contributed by atoms with Crippen molar-refractivity contribution in [1.29, 1.82) is 0 Å². The molecular weight excluding hydrogens is 246 g/mol. The molecule has 0 saturated heterocycles. The third-order valence-electron chi connectivity index (χ3n) is 3.06. The smallest absolute Gasteiger partial charge is 0.107 e. The van der Waals surface area contributed by atoms with Gasteiger partial charge in [0.1, 0.15) is 4.93 Å². The number of nitrogens with zero attached hydrogens (tertiary/aromatic N) is 1. The molecule has 0 bridgehead atoms. The van der Waals surface area contributed by atoms with Crippen LogP contribution in [-0.2, 0) is 9.47 Å². The van der Waals surface area contributed by atoms with Crippen LogP contribution in [-0.4, -0.2) is 49.8 Å². The van der Waals surface area contributed by atoms with Crippen molar-refractivity contribution in [2.75, 3.05) is 40.0 Å². The van der Waals surface area contributed by atoms with Crippen LogP contribution >= 0.6 is 12.6 Å². The number of rotatable bonds is 12. The van der Waals surface area contributed by atoms with Crippen LogP contribution in [0.5, 0.6) is 0 Å². The summed E-state index contributed by atoms with van der Waals surface area (Å²) in [4.78, 5) is 2.01. The Morgan fingerprint density at radius 3 is 2.39 bits per heavy atom. The molecule has 0 N–H and O–H groups in total. The lowest BCUT2D eigenvalue weighted by atomic mass is 10.2. The zero-order valence-electron chi connectivity index (χ0n) is 12.6. The summed E-state index contributed by atoms with van der Waals surface area (Å²) in [5.41, 5.74) is 0. The fourth-order valence-electron chi connectivity index (χ4n) is 1.49. The fraction of sp³-hybridized carbons (Fsp3) is 1.00. The van der Waals surface area contributed by atoms with Crippen LogP contribution in [0.1, 0.15) is 46.5 Å². The highest BCUT2D eigenvalue weighted by Gasteiger charge is 2.15. The first-order chi connectivity index (χ1) is 8.52. The lowest BCUT2D eigenvalue weighted by molar-refractivity contribution is -0.00805. The Morgan fingerprint density at radius 1 is 1.06 bits per heavy atom. The summed E-state index contributed by atoms with van der Waals surface area (Å²) in [5, 5.41) is 0. The third kappa shape index (κ3) is 11.3. The molecule has 18 heavy (non-hydrogen) atoms. The molecule has 0 aromatic heterocycles. The number of thiol groups is 1. The molecule has 0 aromatic carbocycles. The highest BCUT2D eigenvalue weighted by atomic mass is 32.1. The average Bonchev–Trinajstić information content (AvgIpc) is 2.34. The van der Waals surface area contributed by atoms with E-state index in [9.17, 15) is 0 Å². The van der Waals surface area contributed by atoms with Gasteiger partial charge in [0.2, 0.25) is 0 Å². The molecule has 3 nitrogen and oxygen atoms in total. The lowest BCUT2D eigenvalue weighted by Gasteiger charge is -2.22. The molecule has 110 valence electrons. The summed E-state index contributed by atoms with van der Waals surface area (Å²) in [6.45, 7) is 10.5. The molecule has 0 spiro atoms. The number of unbranched alkanes of at least 4 members (excludes halogenated alkanes) is 2. The monoisotopic (exact) mass is 277 g/mol. The second-order valence-corrected chi connectivity index (χ2v) is 5.95. The molecule has 1 atom stereocenters. The van der Waals surface area contributed by atoms with Gasteiger partial charge in [-0.3, -0.25) is 0 Å². The van der Waals surface area contributed by atoms with Crippen LogP contribution in [0.15, 0.2) is 0 Å². The Morgan fingerprint density at radius 2 is 1.78 bits per heavy atom. The van der Waals surface area contributed by atoms with E-state index in [1.54, 1.807) is 0 Å². The zero-order valence-corrected chi connectivity index (χ0v) is 13.5. The number of likely N-dealkylation sites (N-methyl/N-ethyl adjacent to an activating group) is 1. The lowest BCUT2D eigenvalue weighted by Crippen LogP contribution is -2.26. The molecular formula is C14H31NO2S. The molecule has 0 aliphatic heterocycles. The van der Waals surface area contributed by atoms with Gasteiger partial charge in [-0.1, -0.05) is 26.7 Å². The van der Waals surface area contributed by atoms with Crippen LogP contribution in [0.4, 0.5) is 0 Å². The van der Waals surface area contributed by atoms with E-state index in [0.717, 1.165) is 26.1 Å². The van der Waals surface area contributed by atoms with Crippen LogP contribution in [0, 0.1) is 0 Å². The molecule has 0 aliphatic carbocycles. The van der Waals surface area contributed by atoms with Gasteiger partial charge in [0.25, 0.3) is 0 Å². The van der Waals surface area contributed by atoms with Gasteiger partial charge in [-0.25, -0.2) is 0 Å². The molecule has 0 radical (unpaired) electrons. The van der Waals surface area contributed by atoms with Crippen molar-refractivity contribution in [3.63, 3.8) is 0 Å². The molecule has 1 unspecified atom stereocenters. The molecule has 4 heteroatoms. The van der Waals surface area contributed by atoms with Crippen molar-refractivity contribution < 1.29 is 9.47 Å². The Kier molecular flexibility index (Phi) is 11.2. The van der Waals surface area contributed by atoms with Gasteiger partial charge in [-0.2, -0.15) is 0 Å². The van der Waals surface area contributed by atoms with Gasteiger partial charge in [0, 0.05) is 6.54 Å². The fourth-order valence-corrected chi connectivity index (χ4v) is 1.58. The predicted molar refractivity (Wildman–Crippen MR) is 81.5 cm³/mol. The minimum absolute atomic E-state index is 0.319. The number of hydrogen-bond donors (Lipinski definition) is 1. The summed E-state index contributed by atoms with van der Waals surface area (Å²) in [6, 6.07) is 0. The molecule has 0 aromatic rings. The van der Waals surface area contributed by atoms with E-state index in [1.807, 2.05) is 6.92 Å². The molecule has 0 fully saturated rings. The van der Waals surface area contributed by atoms with Crippen molar-refractivity contribution in [3.8, 4) is 0 Å². The predicted octanol–water partition coefficient (Wildman–Crippen LogP) is 3.20. The van der Waals surface area contributed by atoms with Crippen molar-refractivity contribution in [2.24, 2.45) is 0 Å². The first kappa shape index (κ1) is 18.2. The van der Waals surface area contributed by atoms with E-state index in [-0.39, 0.29) is 4.93 Å². The van der Waals surface area contributed by atoms with E-state index in [4.69, 9.17) is 9.47 Å².